The van der Waals surface area contributed by atoms with Gasteiger partial charge in [-0.15, -0.1) is 0 Å². The number of aryl methyl sites for hydroxylation is 1. The van der Waals surface area contributed by atoms with Crippen molar-refractivity contribution < 1.29 is 9.18 Å². The van der Waals surface area contributed by atoms with Gasteiger partial charge < -0.3 is 5.32 Å². The Morgan fingerprint density at radius 1 is 1.38 bits per heavy atom. The van der Waals surface area contributed by atoms with E-state index < -0.39 is 6.04 Å². The van der Waals surface area contributed by atoms with Crippen molar-refractivity contribution in [3.8, 4) is 0 Å². The minimum atomic E-state index is -0.502. The van der Waals surface area contributed by atoms with Crippen LogP contribution in [-0.2, 0) is 11.3 Å². The molecule has 1 aromatic carbocycles. The molecule has 2 unspecified atom stereocenters. The Morgan fingerprint density at radius 3 is 2.67 bits per heavy atom. The summed E-state index contributed by atoms with van der Waals surface area (Å²) in [6, 6.07) is 5.90. The van der Waals surface area contributed by atoms with Crippen LogP contribution in [-0.4, -0.2) is 27.8 Å². The van der Waals surface area contributed by atoms with E-state index in [0.29, 0.717) is 6.54 Å². The largest absolute Gasteiger partial charge is 0.352 e. The van der Waals surface area contributed by atoms with Gasteiger partial charge in [-0.1, -0.05) is 12.1 Å². The van der Waals surface area contributed by atoms with Crippen molar-refractivity contribution in [3.63, 3.8) is 0 Å². The topological polar surface area (TPSA) is 59.0 Å². The Kier molecular flexibility index (Phi) is 4.94. The van der Waals surface area contributed by atoms with Gasteiger partial charge in [0.05, 0.1) is 12.7 Å². The number of nitrogens with one attached hydrogen (secondary N) is 2. The van der Waals surface area contributed by atoms with Crippen LogP contribution in [0.5, 0.6) is 0 Å². The zero-order valence-corrected chi connectivity index (χ0v) is 14.0. The van der Waals surface area contributed by atoms with E-state index in [1.807, 2.05) is 30.9 Å². The van der Waals surface area contributed by atoms with Gasteiger partial charge in [-0.2, -0.15) is 5.10 Å². The first-order chi connectivity index (χ1) is 11.5. The first-order valence-corrected chi connectivity index (χ1v) is 8.32. The highest BCUT2D eigenvalue weighted by Gasteiger charge is 2.29. The lowest BCUT2D eigenvalue weighted by molar-refractivity contribution is -0.123. The highest BCUT2D eigenvalue weighted by molar-refractivity contribution is 5.83. The van der Waals surface area contributed by atoms with Crippen LogP contribution in [0.3, 0.4) is 0 Å². The maximum atomic E-state index is 13.2. The van der Waals surface area contributed by atoms with Gasteiger partial charge >= 0.3 is 0 Å². The number of hydrogen-bond donors (Lipinski definition) is 2. The Hall–Kier alpha value is -2.21. The third-order valence-electron chi connectivity index (χ3n) is 4.06. The Labute approximate surface area is 141 Å². The molecule has 1 aliphatic rings. The number of carbonyl (C=O) groups excluding carboxylic acids is 1. The number of aromatic nitrogens is 2. The summed E-state index contributed by atoms with van der Waals surface area (Å²) >= 11 is 0. The van der Waals surface area contributed by atoms with Crippen molar-refractivity contribution in [1.29, 1.82) is 0 Å². The maximum absolute atomic E-state index is 13.2. The Bertz CT molecular complexity index is 693. The molecule has 5 nitrogen and oxygen atoms in total. The molecule has 3 rings (SSSR count). The van der Waals surface area contributed by atoms with Gasteiger partial charge in [0, 0.05) is 18.3 Å². The molecule has 1 aromatic heterocycles. The minimum absolute atomic E-state index is 0.0318. The molecule has 1 fully saturated rings. The van der Waals surface area contributed by atoms with Gasteiger partial charge in [-0.3, -0.25) is 14.8 Å². The quantitative estimate of drug-likeness (QED) is 0.819. The van der Waals surface area contributed by atoms with E-state index in [-0.39, 0.29) is 23.8 Å². The van der Waals surface area contributed by atoms with Crippen molar-refractivity contribution in [2.45, 2.75) is 51.4 Å². The molecule has 24 heavy (non-hydrogen) atoms. The second-order valence-electron chi connectivity index (χ2n) is 6.57. The summed E-state index contributed by atoms with van der Waals surface area (Å²) in [6.07, 6.45) is 5.84. The number of halogens is 1. The summed E-state index contributed by atoms with van der Waals surface area (Å²) < 4.78 is 15.0. The van der Waals surface area contributed by atoms with Crippen LogP contribution in [0, 0.1) is 12.7 Å². The minimum Gasteiger partial charge on any atom is -0.352 e. The van der Waals surface area contributed by atoms with Gasteiger partial charge in [0.2, 0.25) is 5.91 Å². The summed E-state index contributed by atoms with van der Waals surface area (Å²) in [5.74, 6) is -0.368. The van der Waals surface area contributed by atoms with Crippen molar-refractivity contribution in [1.82, 2.24) is 20.4 Å². The molecular formula is C18H23FN4O. The molecule has 0 spiro atoms. The monoisotopic (exact) mass is 330 g/mol. The third-order valence-corrected chi connectivity index (χ3v) is 4.06. The van der Waals surface area contributed by atoms with E-state index in [4.69, 9.17) is 0 Å². The molecule has 2 N–H and O–H groups in total. The van der Waals surface area contributed by atoms with Gasteiger partial charge in [0.15, 0.2) is 0 Å². The van der Waals surface area contributed by atoms with E-state index in [0.717, 1.165) is 24.0 Å². The first-order valence-electron chi connectivity index (χ1n) is 8.32. The molecule has 2 aromatic rings. The summed E-state index contributed by atoms with van der Waals surface area (Å²) in [6.45, 7) is 4.66. The average Bonchev–Trinajstić information content (AvgIpc) is 3.26. The highest BCUT2D eigenvalue weighted by Crippen LogP contribution is 2.22. The molecule has 0 aliphatic heterocycles. The lowest BCUT2D eigenvalue weighted by Crippen LogP contribution is -2.43. The molecule has 0 radical (unpaired) electrons. The zero-order valence-electron chi connectivity index (χ0n) is 14.0. The smallest absolute Gasteiger partial charge is 0.241 e. The summed E-state index contributed by atoms with van der Waals surface area (Å²) in [4.78, 5) is 12.6. The van der Waals surface area contributed by atoms with Crippen molar-refractivity contribution in [2.75, 3.05) is 0 Å². The fraction of sp³-hybridized carbons (Fsp3) is 0.444. The van der Waals surface area contributed by atoms with E-state index in [1.165, 1.54) is 12.1 Å². The van der Waals surface area contributed by atoms with Crippen molar-refractivity contribution >= 4 is 5.91 Å². The number of nitrogens with zero attached hydrogens (tertiary/aromatic N) is 2. The van der Waals surface area contributed by atoms with Gasteiger partial charge in [0.1, 0.15) is 11.9 Å². The van der Waals surface area contributed by atoms with Crippen molar-refractivity contribution in [2.24, 2.45) is 0 Å². The molecule has 0 bridgehead atoms. The third kappa shape index (κ3) is 4.41. The fourth-order valence-corrected chi connectivity index (χ4v) is 2.68. The molecule has 1 aliphatic carbocycles. The van der Waals surface area contributed by atoms with E-state index in [9.17, 15) is 9.18 Å². The van der Waals surface area contributed by atoms with E-state index >= 15 is 0 Å². The number of rotatable bonds is 7. The maximum Gasteiger partial charge on any atom is 0.241 e. The molecule has 1 saturated carbocycles. The summed E-state index contributed by atoms with van der Waals surface area (Å²) in [5, 5.41) is 10.6. The van der Waals surface area contributed by atoms with Crippen LogP contribution in [0.25, 0.3) is 0 Å². The number of hydrogen-bond acceptors (Lipinski definition) is 3. The summed E-state index contributed by atoms with van der Waals surface area (Å²) in [5.41, 5.74) is 1.86. The lowest BCUT2D eigenvalue weighted by Gasteiger charge is -2.23. The molecule has 128 valence electrons. The Morgan fingerprint density at radius 2 is 2.08 bits per heavy atom. The lowest BCUT2D eigenvalue weighted by atomic mass is 10.0. The van der Waals surface area contributed by atoms with E-state index in [2.05, 4.69) is 15.7 Å². The van der Waals surface area contributed by atoms with Crippen LogP contribution >= 0.6 is 0 Å². The normalized spacial score (nSPS) is 16.6. The predicted octanol–water partition coefficient (Wildman–Crippen LogP) is 2.33. The van der Waals surface area contributed by atoms with Crippen LogP contribution < -0.4 is 10.6 Å². The van der Waals surface area contributed by atoms with Gasteiger partial charge in [-0.25, -0.2) is 4.39 Å². The number of benzene rings is 1. The summed E-state index contributed by atoms with van der Waals surface area (Å²) in [7, 11) is 0. The Balaban J connectivity index is 1.70. The molecule has 6 heteroatoms. The second kappa shape index (κ2) is 7.13. The van der Waals surface area contributed by atoms with Crippen LogP contribution in [0.2, 0.25) is 0 Å². The molecule has 2 atom stereocenters. The molecule has 1 heterocycles. The predicted molar refractivity (Wildman–Crippen MR) is 89.9 cm³/mol. The average molecular weight is 330 g/mol. The molecule has 1 amide bonds. The molecular weight excluding hydrogens is 307 g/mol. The molecule has 0 saturated heterocycles. The fourth-order valence-electron chi connectivity index (χ4n) is 2.68. The first kappa shape index (κ1) is 16.6. The van der Waals surface area contributed by atoms with Crippen LogP contribution in [0.4, 0.5) is 4.39 Å². The SMILES string of the molecule is Cc1cnn(CC(C)NC(C(=O)NC2CC2)c2ccc(F)cc2)c1. The van der Waals surface area contributed by atoms with Gasteiger partial charge in [0.25, 0.3) is 0 Å². The zero-order chi connectivity index (χ0) is 17.1. The number of carbonyl (C=O) groups is 1. The second-order valence-corrected chi connectivity index (χ2v) is 6.57. The van der Waals surface area contributed by atoms with Crippen LogP contribution in [0.1, 0.15) is 36.9 Å². The van der Waals surface area contributed by atoms with Gasteiger partial charge in [-0.05, 0) is 49.9 Å². The van der Waals surface area contributed by atoms with Crippen LogP contribution in [0.15, 0.2) is 36.7 Å². The standard InChI is InChI=1S/C18H23FN4O/c1-12-9-20-23(10-12)11-13(2)21-17(18(24)22-16-7-8-16)14-3-5-15(19)6-4-14/h3-6,9-10,13,16-17,21H,7-8,11H2,1-2H3,(H,22,24). The highest BCUT2D eigenvalue weighted by atomic mass is 19.1. The van der Waals surface area contributed by atoms with E-state index in [1.54, 1.807) is 12.1 Å². The number of amides is 1. The van der Waals surface area contributed by atoms with Crippen molar-refractivity contribution in [3.05, 3.63) is 53.6 Å².